The van der Waals surface area contributed by atoms with E-state index in [1.165, 1.54) is 24.1 Å². The van der Waals surface area contributed by atoms with Crippen LogP contribution in [0.1, 0.15) is 31.7 Å². The number of rotatable bonds is 6. The van der Waals surface area contributed by atoms with Gasteiger partial charge in [-0.25, -0.2) is 0 Å². The Bertz CT molecular complexity index is 423. The second-order valence-corrected chi connectivity index (χ2v) is 6.44. The molecule has 0 aliphatic carbocycles. The van der Waals surface area contributed by atoms with Crippen LogP contribution in [-0.2, 0) is 6.54 Å². The van der Waals surface area contributed by atoms with Gasteiger partial charge in [0.2, 0.25) is 0 Å². The highest BCUT2D eigenvalue weighted by Gasteiger charge is 2.21. The van der Waals surface area contributed by atoms with Crippen LogP contribution in [0, 0.1) is 5.92 Å². The molecule has 0 spiro atoms. The van der Waals surface area contributed by atoms with Gasteiger partial charge in [0.15, 0.2) is 0 Å². The fourth-order valence-electron chi connectivity index (χ4n) is 2.97. The molecule has 0 saturated carbocycles. The molecule has 2 rings (SSSR count). The van der Waals surface area contributed by atoms with Crippen LogP contribution in [0.15, 0.2) is 22.7 Å². The van der Waals surface area contributed by atoms with Crippen molar-refractivity contribution in [3.8, 4) is 0 Å². The summed E-state index contributed by atoms with van der Waals surface area (Å²) in [6.45, 7) is 6.54. The zero-order chi connectivity index (χ0) is 14.4. The van der Waals surface area contributed by atoms with Crippen molar-refractivity contribution in [2.24, 2.45) is 5.92 Å². The summed E-state index contributed by atoms with van der Waals surface area (Å²) in [6, 6.07) is 6.56. The van der Waals surface area contributed by atoms with Crippen LogP contribution in [0.5, 0.6) is 0 Å². The van der Waals surface area contributed by atoms with Gasteiger partial charge in [-0.1, -0.05) is 22.9 Å². The Kier molecular flexibility index (Phi) is 6.33. The molecule has 2 N–H and O–H groups in total. The maximum atomic E-state index is 9.15. The number of piperidine rings is 1. The third-order valence-corrected chi connectivity index (χ3v) is 4.50. The minimum Gasteiger partial charge on any atom is -0.396 e. The van der Waals surface area contributed by atoms with Gasteiger partial charge in [-0.15, -0.1) is 0 Å². The Morgan fingerprint density at radius 3 is 3.05 bits per heavy atom. The van der Waals surface area contributed by atoms with Gasteiger partial charge in [-0.05, 0) is 55.5 Å². The van der Waals surface area contributed by atoms with Crippen LogP contribution >= 0.6 is 15.9 Å². The van der Waals surface area contributed by atoms with Crippen LogP contribution in [-0.4, -0.2) is 31.3 Å². The lowest BCUT2D eigenvalue weighted by Crippen LogP contribution is -2.36. The van der Waals surface area contributed by atoms with E-state index in [9.17, 15) is 0 Å². The predicted octanol–water partition coefficient (Wildman–Crippen LogP) is 3.16. The minimum atomic E-state index is 0.309. The van der Waals surface area contributed by atoms with Gasteiger partial charge < -0.3 is 15.3 Å². The molecule has 1 unspecified atom stereocenters. The Morgan fingerprint density at radius 1 is 1.45 bits per heavy atom. The van der Waals surface area contributed by atoms with Gasteiger partial charge in [-0.2, -0.15) is 0 Å². The van der Waals surface area contributed by atoms with Crippen molar-refractivity contribution >= 4 is 21.6 Å². The van der Waals surface area contributed by atoms with Crippen molar-refractivity contribution < 1.29 is 5.11 Å². The second kappa shape index (κ2) is 8.01. The molecule has 0 radical (unpaired) electrons. The fraction of sp³-hybridized carbons (Fsp3) is 0.625. The van der Waals surface area contributed by atoms with E-state index >= 15 is 0 Å². The molecule has 1 heterocycles. The van der Waals surface area contributed by atoms with E-state index in [1.54, 1.807) is 0 Å². The van der Waals surface area contributed by atoms with Gasteiger partial charge in [0.05, 0.1) is 0 Å². The quantitative estimate of drug-likeness (QED) is 0.834. The van der Waals surface area contributed by atoms with Crippen molar-refractivity contribution in [3.63, 3.8) is 0 Å². The van der Waals surface area contributed by atoms with Crippen LogP contribution < -0.4 is 10.2 Å². The Morgan fingerprint density at radius 2 is 2.30 bits per heavy atom. The lowest BCUT2D eigenvalue weighted by atomic mass is 9.94. The zero-order valence-corrected chi connectivity index (χ0v) is 13.8. The number of aliphatic hydroxyl groups excluding tert-OH is 1. The monoisotopic (exact) mass is 340 g/mol. The number of benzene rings is 1. The van der Waals surface area contributed by atoms with E-state index in [0.717, 1.165) is 37.1 Å². The number of anilines is 1. The molecule has 1 saturated heterocycles. The first-order chi connectivity index (χ1) is 9.74. The van der Waals surface area contributed by atoms with Crippen molar-refractivity contribution in [2.75, 3.05) is 31.1 Å². The van der Waals surface area contributed by atoms with E-state index in [-0.39, 0.29) is 0 Å². The lowest BCUT2D eigenvalue weighted by molar-refractivity contribution is 0.244. The van der Waals surface area contributed by atoms with E-state index in [1.807, 2.05) is 0 Å². The number of hydrogen-bond acceptors (Lipinski definition) is 3. The smallest absolute Gasteiger partial charge is 0.0434 e. The minimum absolute atomic E-state index is 0.309. The summed E-state index contributed by atoms with van der Waals surface area (Å²) < 4.78 is 1.14. The highest BCUT2D eigenvalue weighted by Crippen LogP contribution is 2.29. The summed E-state index contributed by atoms with van der Waals surface area (Å²) in [7, 11) is 0. The summed E-state index contributed by atoms with van der Waals surface area (Å²) in [6.07, 6.45) is 3.40. The van der Waals surface area contributed by atoms with Crippen LogP contribution in [0.4, 0.5) is 5.69 Å². The highest BCUT2D eigenvalue weighted by atomic mass is 79.9. The lowest BCUT2D eigenvalue weighted by Gasteiger charge is -2.35. The SMILES string of the molecule is CCNCc1cc(Br)ccc1N1CCCC(CCO)C1. The summed E-state index contributed by atoms with van der Waals surface area (Å²) in [5.41, 5.74) is 2.70. The fourth-order valence-corrected chi connectivity index (χ4v) is 3.37. The average molecular weight is 341 g/mol. The molecule has 0 aromatic heterocycles. The first kappa shape index (κ1) is 15.8. The average Bonchev–Trinajstić information content (AvgIpc) is 2.46. The summed E-state index contributed by atoms with van der Waals surface area (Å²) in [5.74, 6) is 0.629. The molecule has 1 aliphatic heterocycles. The molecule has 1 atom stereocenters. The third kappa shape index (κ3) is 4.21. The normalized spacial score (nSPS) is 19.4. The molecule has 3 nitrogen and oxygen atoms in total. The molecule has 112 valence electrons. The van der Waals surface area contributed by atoms with Gasteiger partial charge in [-0.3, -0.25) is 0 Å². The maximum Gasteiger partial charge on any atom is 0.0434 e. The molecule has 0 bridgehead atoms. The van der Waals surface area contributed by atoms with Crippen LogP contribution in [0.3, 0.4) is 0 Å². The molecule has 4 heteroatoms. The van der Waals surface area contributed by atoms with E-state index < -0.39 is 0 Å². The highest BCUT2D eigenvalue weighted by molar-refractivity contribution is 9.10. The molecular formula is C16H25BrN2O. The number of nitrogens with zero attached hydrogens (tertiary/aromatic N) is 1. The van der Waals surface area contributed by atoms with Gasteiger partial charge in [0.1, 0.15) is 0 Å². The molecular weight excluding hydrogens is 316 g/mol. The molecule has 1 aromatic rings. The third-order valence-electron chi connectivity index (χ3n) is 4.00. The first-order valence-electron chi connectivity index (χ1n) is 7.59. The predicted molar refractivity (Wildman–Crippen MR) is 88.2 cm³/mol. The molecule has 20 heavy (non-hydrogen) atoms. The molecule has 0 amide bonds. The molecule has 1 aromatic carbocycles. The largest absolute Gasteiger partial charge is 0.396 e. The summed E-state index contributed by atoms with van der Waals surface area (Å²) in [5, 5.41) is 12.6. The van der Waals surface area contributed by atoms with E-state index in [2.05, 4.69) is 51.3 Å². The van der Waals surface area contributed by atoms with Crippen molar-refractivity contribution in [1.29, 1.82) is 0 Å². The van der Waals surface area contributed by atoms with Crippen LogP contribution in [0.2, 0.25) is 0 Å². The second-order valence-electron chi connectivity index (χ2n) is 5.52. The Labute approximate surface area is 130 Å². The first-order valence-corrected chi connectivity index (χ1v) is 8.38. The van der Waals surface area contributed by atoms with Crippen LogP contribution in [0.25, 0.3) is 0 Å². The van der Waals surface area contributed by atoms with Gasteiger partial charge >= 0.3 is 0 Å². The zero-order valence-electron chi connectivity index (χ0n) is 12.2. The van der Waals surface area contributed by atoms with Crippen molar-refractivity contribution in [1.82, 2.24) is 5.32 Å². The van der Waals surface area contributed by atoms with E-state index in [4.69, 9.17) is 5.11 Å². The van der Waals surface area contributed by atoms with E-state index in [0.29, 0.717) is 12.5 Å². The number of aliphatic hydroxyl groups is 1. The number of hydrogen-bond donors (Lipinski definition) is 2. The van der Waals surface area contributed by atoms with Crippen molar-refractivity contribution in [2.45, 2.75) is 32.7 Å². The Hall–Kier alpha value is -0.580. The summed E-state index contributed by atoms with van der Waals surface area (Å²) >= 11 is 3.57. The molecule has 1 aliphatic rings. The van der Waals surface area contributed by atoms with Gasteiger partial charge in [0.25, 0.3) is 0 Å². The number of nitrogens with one attached hydrogen (secondary N) is 1. The molecule has 1 fully saturated rings. The van der Waals surface area contributed by atoms with Crippen molar-refractivity contribution in [3.05, 3.63) is 28.2 Å². The number of halogens is 1. The maximum absolute atomic E-state index is 9.15. The van der Waals surface area contributed by atoms with Gasteiger partial charge in [0, 0.05) is 36.4 Å². The topological polar surface area (TPSA) is 35.5 Å². The standard InChI is InChI=1S/C16H25BrN2O/c1-2-18-11-14-10-15(17)5-6-16(14)19-8-3-4-13(12-19)7-9-20/h5-6,10,13,18,20H,2-4,7-9,11-12H2,1H3. The Balaban J connectivity index is 2.13. The summed E-state index contributed by atoms with van der Waals surface area (Å²) in [4.78, 5) is 2.49.